The van der Waals surface area contributed by atoms with Crippen molar-refractivity contribution in [3.05, 3.63) is 0 Å². The number of hydrogen-bond donors (Lipinski definition) is 2. The topological polar surface area (TPSA) is 95.5 Å². The number of alkyl halides is 6. The van der Waals surface area contributed by atoms with Crippen molar-refractivity contribution in [1.29, 1.82) is 0 Å². The first-order valence-electron chi connectivity index (χ1n) is 9.69. The van der Waals surface area contributed by atoms with Crippen molar-refractivity contribution in [2.45, 2.75) is 87.0 Å². The standard InChI is InChI=1S/C17H23F6NO7/c1-27-13-12(29-14(26)24-8-5-3-2-4-6-8)11-10(9(7-25)28-13)30-15(31-11,16(18,19)20)17(21,22)23/h8-13,25H,2-7H2,1H3,(H,24,26)/t9-,10-,11-,12+,13+/m1/s1. The van der Waals surface area contributed by atoms with Crippen molar-refractivity contribution < 1.29 is 59.9 Å². The molecule has 2 N–H and O–H groups in total. The second-order valence-corrected chi connectivity index (χ2v) is 7.59. The van der Waals surface area contributed by atoms with Crippen LogP contribution in [0.3, 0.4) is 0 Å². The summed E-state index contributed by atoms with van der Waals surface area (Å²) < 4.78 is 105. The molecule has 1 saturated carbocycles. The van der Waals surface area contributed by atoms with E-state index >= 15 is 0 Å². The van der Waals surface area contributed by atoms with E-state index in [0.717, 1.165) is 26.4 Å². The van der Waals surface area contributed by atoms with Gasteiger partial charge in [0, 0.05) is 13.2 Å². The van der Waals surface area contributed by atoms with Gasteiger partial charge in [-0.3, -0.25) is 0 Å². The van der Waals surface area contributed by atoms with Crippen molar-refractivity contribution in [3.63, 3.8) is 0 Å². The quantitative estimate of drug-likeness (QED) is 0.613. The average molecular weight is 467 g/mol. The van der Waals surface area contributed by atoms with Crippen LogP contribution in [0, 0.1) is 0 Å². The van der Waals surface area contributed by atoms with E-state index < -0.39 is 61.5 Å². The molecule has 0 aromatic heterocycles. The number of aliphatic hydroxyl groups excluding tert-OH is 1. The fourth-order valence-electron chi connectivity index (χ4n) is 4.03. The molecule has 1 aliphatic carbocycles. The summed E-state index contributed by atoms with van der Waals surface area (Å²) in [4.78, 5) is 12.3. The SMILES string of the molecule is CO[C@H]1O[C@H](CO)[C@H]2OC(C(F)(F)F)(C(F)(F)F)O[C@H]2[C@@H]1OC(=O)NC1CCCCC1. The molecule has 0 aromatic rings. The fraction of sp³-hybridized carbons (Fsp3) is 0.941. The van der Waals surface area contributed by atoms with Gasteiger partial charge in [0.05, 0.1) is 6.61 Å². The van der Waals surface area contributed by atoms with Gasteiger partial charge in [-0.15, -0.1) is 0 Å². The highest BCUT2D eigenvalue weighted by molar-refractivity contribution is 5.68. The number of rotatable bonds is 4. The van der Waals surface area contributed by atoms with E-state index in [1.165, 1.54) is 0 Å². The molecule has 0 spiro atoms. The summed E-state index contributed by atoms with van der Waals surface area (Å²) in [5.74, 6) is -4.98. The Hall–Kier alpha value is -1.35. The van der Waals surface area contributed by atoms with Crippen LogP contribution in [-0.2, 0) is 23.7 Å². The maximum atomic E-state index is 13.4. The Kier molecular flexibility index (Phi) is 6.96. The van der Waals surface area contributed by atoms with Crippen molar-refractivity contribution >= 4 is 6.09 Å². The zero-order valence-electron chi connectivity index (χ0n) is 16.4. The predicted octanol–water partition coefficient (Wildman–Crippen LogP) is 2.38. The Morgan fingerprint density at radius 3 is 2.16 bits per heavy atom. The Labute approximate surface area is 173 Å². The Balaban J connectivity index is 1.85. The van der Waals surface area contributed by atoms with Gasteiger partial charge in [0.25, 0.3) is 0 Å². The van der Waals surface area contributed by atoms with Crippen LogP contribution < -0.4 is 5.32 Å². The molecular formula is C17H23F6NO7. The molecule has 3 aliphatic rings. The molecule has 1 amide bonds. The van der Waals surface area contributed by atoms with Crippen LogP contribution >= 0.6 is 0 Å². The van der Waals surface area contributed by atoms with Gasteiger partial charge in [0.15, 0.2) is 12.4 Å². The first-order chi connectivity index (χ1) is 14.4. The number of methoxy groups -OCH3 is 1. The van der Waals surface area contributed by atoms with Gasteiger partial charge in [-0.05, 0) is 12.8 Å². The summed E-state index contributed by atoms with van der Waals surface area (Å²) >= 11 is 0. The summed E-state index contributed by atoms with van der Waals surface area (Å²) in [5, 5.41) is 11.9. The molecule has 0 aromatic carbocycles. The summed E-state index contributed by atoms with van der Waals surface area (Å²) in [6.07, 6.45) is -18.3. The molecule has 2 saturated heterocycles. The smallest absolute Gasteiger partial charge is 0.438 e. The molecule has 31 heavy (non-hydrogen) atoms. The van der Waals surface area contributed by atoms with Crippen molar-refractivity contribution in [2.75, 3.05) is 13.7 Å². The first-order valence-corrected chi connectivity index (χ1v) is 9.69. The second kappa shape index (κ2) is 8.89. The number of amides is 1. The van der Waals surface area contributed by atoms with Crippen LogP contribution in [0.25, 0.3) is 0 Å². The van der Waals surface area contributed by atoms with E-state index in [1.807, 2.05) is 0 Å². The fourth-order valence-corrected chi connectivity index (χ4v) is 4.03. The molecule has 3 rings (SSSR count). The molecule has 8 nitrogen and oxygen atoms in total. The Bertz CT molecular complexity index is 625. The lowest BCUT2D eigenvalue weighted by Crippen LogP contribution is -2.60. The maximum Gasteiger partial charge on any atom is 0.453 e. The third-order valence-electron chi connectivity index (χ3n) is 5.52. The van der Waals surface area contributed by atoms with Gasteiger partial charge in [0.1, 0.15) is 18.3 Å². The second-order valence-electron chi connectivity index (χ2n) is 7.59. The van der Waals surface area contributed by atoms with Gasteiger partial charge in [0.2, 0.25) is 0 Å². The van der Waals surface area contributed by atoms with E-state index in [-0.39, 0.29) is 6.04 Å². The highest BCUT2D eigenvalue weighted by atomic mass is 19.4. The molecule has 0 radical (unpaired) electrons. The molecule has 3 fully saturated rings. The number of halogens is 6. The van der Waals surface area contributed by atoms with Gasteiger partial charge >= 0.3 is 24.2 Å². The van der Waals surface area contributed by atoms with Crippen LogP contribution in [0.4, 0.5) is 31.1 Å². The summed E-state index contributed by atoms with van der Waals surface area (Å²) in [6.45, 7) is -0.989. The number of alkyl carbamates (subject to hydrolysis) is 1. The van der Waals surface area contributed by atoms with Gasteiger partial charge in [-0.25, -0.2) is 4.79 Å². The Morgan fingerprint density at radius 1 is 1.06 bits per heavy atom. The lowest BCUT2D eigenvalue weighted by Gasteiger charge is -2.40. The molecule has 2 heterocycles. The summed E-state index contributed by atoms with van der Waals surface area (Å²) in [7, 11) is 1.05. The largest absolute Gasteiger partial charge is 0.453 e. The number of fused-ring (bicyclic) bond motifs is 1. The maximum absolute atomic E-state index is 13.4. The molecule has 0 bridgehead atoms. The zero-order valence-corrected chi connectivity index (χ0v) is 16.4. The first kappa shape index (κ1) is 24.3. The van der Waals surface area contributed by atoms with Gasteiger partial charge in [-0.1, -0.05) is 19.3 Å². The molecule has 0 unspecified atom stereocenters. The zero-order chi connectivity index (χ0) is 23.0. The van der Waals surface area contributed by atoms with Crippen LogP contribution in [0.15, 0.2) is 0 Å². The highest BCUT2D eigenvalue weighted by Crippen LogP contribution is 2.54. The van der Waals surface area contributed by atoms with Crippen molar-refractivity contribution in [1.82, 2.24) is 5.32 Å². The van der Waals surface area contributed by atoms with Gasteiger partial charge < -0.3 is 34.1 Å². The number of nitrogens with one attached hydrogen (secondary N) is 1. The average Bonchev–Trinajstić information content (AvgIpc) is 3.11. The number of hydrogen-bond acceptors (Lipinski definition) is 7. The Morgan fingerprint density at radius 2 is 1.65 bits per heavy atom. The van der Waals surface area contributed by atoms with Crippen molar-refractivity contribution in [2.24, 2.45) is 0 Å². The van der Waals surface area contributed by atoms with Crippen LogP contribution in [0.5, 0.6) is 0 Å². The lowest BCUT2D eigenvalue weighted by molar-refractivity contribution is -0.447. The van der Waals surface area contributed by atoms with E-state index in [1.54, 1.807) is 0 Å². The number of carbonyl (C=O) groups excluding carboxylic acids is 1. The minimum absolute atomic E-state index is 0.238. The lowest BCUT2D eigenvalue weighted by atomic mass is 9.96. The number of ether oxygens (including phenoxy) is 5. The minimum Gasteiger partial charge on any atom is -0.438 e. The normalized spacial score (nSPS) is 34.3. The summed E-state index contributed by atoms with van der Waals surface area (Å²) in [5.41, 5.74) is 0. The predicted molar refractivity (Wildman–Crippen MR) is 87.6 cm³/mol. The molecule has 5 atom stereocenters. The van der Waals surface area contributed by atoms with Crippen LogP contribution in [0.2, 0.25) is 0 Å². The number of aliphatic hydroxyl groups is 1. The molecule has 14 heteroatoms. The molecular weight excluding hydrogens is 444 g/mol. The van der Waals surface area contributed by atoms with Crippen LogP contribution in [-0.4, -0.2) is 79.8 Å². The van der Waals surface area contributed by atoms with Gasteiger partial charge in [-0.2, -0.15) is 26.3 Å². The monoisotopic (exact) mass is 467 g/mol. The van der Waals surface area contributed by atoms with E-state index in [0.29, 0.717) is 12.8 Å². The van der Waals surface area contributed by atoms with E-state index in [9.17, 15) is 36.2 Å². The minimum atomic E-state index is -6.01. The molecule has 2 aliphatic heterocycles. The molecule has 180 valence electrons. The third kappa shape index (κ3) is 4.58. The summed E-state index contributed by atoms with van der Waals surface area (Å²) in [6, 6.07) is -0.238. The number of carbonyl (C=O) groups is 1. The van der Waals surface area contributed by atoms with Crippen molar-refractivity contribution in [3.8, 4) is 0 Å². The van der Waals surface area contributed by atoms with Crippen LogP contribution in [0.1, 0.15) is 32.1 Å². The highest BCUT2D eigenvalue weighted by Gasteiger charge is 2.81. The van der Waals surface area contributed by atoms with E-state index in [2.05, 4.69) is 14.8 Å². The van der Waals surface area contributed by atoms with E-state index in [4.69, 9.17) is 14.2 Å². The third-order valence-corrected chi connectivity index (χ3v) is 5.52.